The van der Waals surface area contributed by atoms with E-state index in [4.69, 9.17) is 5.73 Å². The third kappa shape index (κ3) is 3.86. The molecule has 1 aromatic carbocycles. The van der Waals surface area contributed by atoms with E-state index < -0.39 is 10.0 Å². The lowest BCUT2D eigenvalue weighted by atomic mass is 10.1. The van der Waals surface area contributed by atoms with Gasteiger partial charge in [-0.05, 0) is 46.5 Å². The Morgan fingerprint density at radius 1 is 1.24 bits per heavy atom. The predicted octanol–water partition coefficient (Wildman–Crippen LogP) is 3.25. The number of benzene rings is 1. The lowest BCUT2D eigenvalue weighted by Crippen LogP contribution is -2.37. The summed E-state index contributed by atoms with van der Waals surface area (Å²) >= 11 is 3.36. The van der Waals surface area contributed by atoms with E-state index in [1.165, 1.54) is 12.8 Å². The molecule has 0 atom stereocenters. The third-order valence-electron chi connectivity index (χ3n) is 4.23. The number of sulfonamides is 1. The number of hydrogen-bond acceptors (Lipinski definition) is 3. The fourth-order valence-electron chi connectivity index (χ4n) is 2.85. The van der Waals surface area contributed by atoms with Crippen molar-refractivity contribution in [3.8, 4) is 0 Å². The maximum absolute atomic E-state index is 12.9. The van der Waals surface area contributed by atoms with Gasteiger partial charge in [0.2, 0.25) is 10.0 Å². The van der Waals surface area contributed by atoms with E-state index in [0.29, 0.717) is 15.9 Å². The van der Waals surface area contributed by atoms with E-state index in [2.05, 4.69) is 15.9 Å². The van der Waals surface area contributed by atoms with E-state index in [0.717, 1.165) is 31.2 Å². The SMILES string of the molecule is CN(C1CCCCCC1)S(=O)(=O)c1cc(CN)ccc1Br. The highest BCUT2D eigenvalue weighted by Gasteiger charge is 2.30. The van der Waals surface area contributed by atoms with Crippen molar-refractivity contribution in [1.82, 2.24) is 4.31 Å². The molecule has 2 rings (SSSR count). The first-order valence-corrected chi connectivity index (χ1v) is 9.66. The summed E-state index contributed by atoms with van der Waals surface area (Å²) in [6, 6.07) is 5.38. The molecular weight excluding hydrogens is 352 g/mol. The zero-order valence-corrected chi connectivity index (χ0v) is 14.8. The highest BCUT2D eigenvalue weighted by Crippen LogP contribution is 2.30. The van der Waals surface area contributed by atoms with Crippen molar-refractivity contribution in [1.29, 1.82) is 0 Å². The van der Waals surface area contributed by atoms with Crippen molar-refractivity contribution >= 4 is 26.0 Å². The molecule has 0 bridgehead atoms. The van der Waals surface area contributed by atoms with Gasteiger partial charge in [0.15, 0.2) is 0 Å². The molecule has 0 spiro atoms. The first kappa shape index (κ1) is 16.9. The van der Waals surface area contributed by atoms with Crippen LogP contribution in [0.2, 0.25) is 0 Å². The summed E-state index contributed by atoms with van der Waals surface area (Å²) in [5, 5.41) is 0. The van der Waals surface area contributed by atoms with Crippen LogP contribution < -0.4 is 5.73 Å². The van der Waals surface area contributed by atoms with E-state index in [-0.39, 0.29) is 6.04 Å². The number of rotatable bonds is 4. The summed E-state index contributed by atoms with van der Waals surface area (Å²) in [5.74, 6) is 0. The second-order valence-electron chi connectivity index (χ2n) is 5.64. The minimum absolute atomic E-state index is 0.103. The molecule has 0 aromatic heterocycles. The predicted molar refractivity (Wildman–Crippen MR) is 88.5 cm³/mol. The molecule has 0 heterocycles. The van der Waals surface area contributed by atoms with Crippen LogP contribution in [-0.2, 0) is 16.6 Å². The van der Waals surface area contributed by atoms with E-state index in [1.54, 1.807) is 23.5 Å². The molecule has 0 amide bonds. The molecule has 2 N–H and O–H groups in total. The molecule has 1 aromatic rings. The van der Waals surface area contributed by atoms with E-state index in [9.17, 15) is 8.42 Å². The number of hydrogen-bond donors (Lipinski definition) is 1. The minimum Gasteiger partial charge on any atom is -0.326 e. The highest BCUT2D eigenvalue weighted by molar-refractivity contribution is 9.10. The van der Waals surface area contributed by atoms with Crippen molar-refractivity contribution < 1.29 is 8.42 Å². The fourth-order valence-corrected chi connectivity index (χ4v) is 5.23. The van der Waals surface area contributed by atoms with Gasteiger partial charge in [-0.15, -0.1) is 0 Å². The number of nitrogens with two attached hydrogens (primary N) is 1. The van der Waals surface area contributed by atoms with Gasteiger partial charge in [0.25, 0.3) is 0 Å². The molecule has 1 aliphatic rings. The lowest BCUT2D eigenvalue weighted by molar-refractivity contribution is 0.335. The summed E-state index contributed by atoms with van der Waals surface area (Å²) in [5.41, 5.74) is 6.45. The normalized spacial score (nSPS) is 17.9. The lowest BCUT2D eigenvalue weighted by Gasteiger charge is -2.27. The zero-order valence-electron chi connectivity index (χ0n) is 12.4. The van der Waals surface area contributed by atoms with Crippen molar-refractivity contribution in [2.75, 3.05) is 7.05 Å². The van der Waals surface area contributed by atoms with Gasteiger partial charge >= 0.3 is 0 Å². The second-order valence-corrected chi connectivity index (χ2v) is 8.46. The molecule has 4 nitrogen and oxygen atoms in total. The van der Waals surface area contributed by atoms with Gasteiger partial charge in [0.05, 0.1) is 4.90 Å². The Balaban J connectivity index is 2.31. The molecule has 6 heteroatoms. The molecule has 1 aliphatic carbocycles. The van der Waals surface area contributed by atoms with Gasteiger partial charge in [0.1, 0.15) is 0 Å². The van der Waals surface area contributed by atoms with Crippen LogP contribution in [0.15, 0.2) is 27.6 Å². The zero-order chi connectivity index (χ0) is 15.5. The van der Waals surface area contributed by atoms with Gasteiger partial charge < -0.3 is 5.73 Å². The van der Waals surface area contributed by atoms with Crippen LogP contribution in [0.5, 0.6) is 0 Å². The topological polar surface area (TPSA) is 63.4 Å². The standard InChI is InChI=1S/C15H23BrN2O2S/c1-18(13-6-4-2-3-5-7-13)21(19,20)15-10-12(11-17)8-9-14(15)16/h8-10,13H,2-7,11,17H2,1H3. The molecule has 0 radical (unpaired) electrons. The van der Waals surface area contributed by atoms with Gasteiger partial charge in [0, 0.05) is 24.1 Å². The van der Waals surface area contributed by atoms with E-state index in [1.807, 2.05) is 6.07 Å². The minimum atomic E-state index is -3.49. The van der Waals surface area contributed by atoms with Crippen molar-refractivity contribution in [3.05, 3.63) is 28.2 Å². The molecule has 0 aliphatic heterocycles. The summed E-state index contributed by atoms with van der Waals surface area (Å²) in [4.78, 5) is 0.317. The maximum Gasteiger partial charge on any atom is 0.244 e. The summed E-state index contributed by atoms with van der Waals surface area (Å²) < 4.78 is 27.9. The Kier molecular flexibility index (Phi) is 5.82. The molecule has 0 unspecified atom stereocenters. The number of halogens is 1. The van der Waals surface area contributed by atoms with Crippen LogP contribution in [0.3, 0.4) is 0 Å². The van der Waals surface area contributed by atoms with Crippen LogP contribution in [0, 0.1) is 0 Å². The molecule has 21 heavy (non-hydrogen) atoms. The Hall–Kier alpha value is -0.430. The second kappa shape index (κ2) is 7.22. The quantitative estimate of drug-likeness (QED) is 0.822. The molecule has 1 saturated carbocycles. The van der Waals surface area contributed by atoms with Crippen molar-refractivity contribution in [2.45, 2.75) is 56.0 Å². The van der Waals surface area contributed by atoms with Gasteiger partial charge in [-0.25, -0.2) is 8.42 Å². The van der Waals surface area contributed by atoms with Crippen LogP contribution >= 0.6 is 15.9 Å². The summed E-state index contributed by atoms with van der Waals surface area (Å²) in [6.07, 6.45) is 6.52. The summed E-state index contributed by atoms with van der Waals surface area (Å²) in [6.45, 7) is 0.336. The first-order chi connectivity index (χ1) is 9.96. The number of nitrogens with zero attached hydrogens (tertiary/aromatic N) is 1. The molecule has 1 fully saturated rings. The Labute approximate surface area is 135 Å². The Bertz CT molecular complexity index is 581. The largest absolute Gasteiger partial charge is 0.326 e. The van der Waals surface area contributed by atoms with Gasteiger partial charge in [-0.3, -0.25) is 0 Å². The van der Waals surface area contributed by atoms with Crippen LogP contribution in [0.4, 0.5) is 0 Å². The van der Waals surface area contributed by atoms with Gasteiger partial charge in [-0.2, -0.15) is 4.31 Å². The molecular formula is C15H23BrN2O2S. The first-order valence-electron chi connectivity index (χ1n) is 7.43. The summed E-state index contributed by atoms with van der Waals surface area (Å²) in [7, 11) is -1.79. The molecule has 118 valence electrons. The highest BCUT2D eigenvalue weighted by atomic mass is 79.9. The van der Waals surface area contributed by atoms with Crippen LogP contribution in [0.25, 0.3) is 0 Å². The fraction of sp³-hybridized carbons (Fsp3) is 0.600. The van der Waals surface area contributed by atoms with E-state index >= 15 is 0 Å². The molecule has 0 saturated heterocycles. The van der Waals surface area contributed by atoms with Crippen LogP contribution in [0.1, 0.15) is 44.1 Å². The third-order valence-corrected chi connectivity index (χ3v) is 7.13. The smallest absolute Gasteiger partial charge is 0.244 e. The Morgan fingerprint density at radius 3 is 2.43 bits per heavy atom. The van der Waals surface area contributed by atoms with Crippen LogP contribution in [-0.4, -0.2) is 25.8 Å². The average Bonchev–Trinajstić information content (AvgIpc) is 2.75. The average molecular weight is 375 g/mol. The van der Waals surface area contributed by atoms with Crippen molar-refractivity contribution in [2.24, 2.45) is 5.73 Å². The maximum atomic E-state index is 12.9. The van der Waals surface area contributed by atoms with Crippen molar-refractivity contribution in [3.63, 3.8) is 0 Å². The monoisotopic (exact) mass is 374 g/mol. The van der Waals surface area contributed by atoms with Gasteiger partial charge in [-0.1, -0.05) is 31.7 Å². The Morgan fingerprint density at radius 2 is 1.86 bits per heavy atom.